The maximum absolute atomic E-state index is 12.1. The van der Waals surface area contributed by atoms with Gasteiger partial charge in [0.2, 0.25) is 11.8 Å². The number of benzene rings is 2. The molecule has 3 rings (SSSR count). The molecule has 0 fully saturated rings. The Morgan fingerprint density at radius 1 is 1.17 bits per heavy atom. The van der Waals surface area contributed by atoms with Gasteiger partial charge < -0.3 is 9.73 Å². The summed E-state index contributed by atoms with van der Waals surface area (Å²) < 4.78 is 5.60. The third-order valence-corrected chi connectivity index (χ3v) is 3.81. The predicted octanol–water partition coefficient (Wildman–Crippen LogP) is 3.67. The van der Waals surface area contributed by atoms with E-state index in [1.807, 2.05) is 43.3 Å². The number of amides is 1. The molecule has 0 aliphatic carbocycles. The van der Waals surface area contributed by atoms with Crippen molar-refractivity contribution >= 4 is 17.5 Å². The lowest BCUT2D eigenvalue weighted by molar-refractivity contribution is 0.0953. The Morgan fingerprint density at radius 3 is 2.79 bits per heavy atom. The van der Waals surface area contributed by atoms with Crippen LogP contribution in [0.2, 0.25) is 5.02 Å². The number of nitrogens with zero attached hydrogens (tertiary/aromatic N) is 2. The van der Waals surface area contributed by atoms with Gasteiger partial charge in [-0.3, -0.25) is 4.79 Å². The summed E-state index contributed by atoms with van der Waals surface area (Å²) in [6.45, 7) is 2.36. The summed E-state index contributed by atoms with van der Waals surface area (Å²) in [6.07, 6.45) is 0.453. The lowest BCUT2D eigenvalue weighted by Gasteiger charge is -2.04. The van der Waals surface area contributed by atoms with Crippen LogP contribution in [0.25, 0.3) is 11.5 Å². The Labute approximate surface area is 144 Å². The van der Waals surface area contributed by atoms with Gasteiger partial charge in [0.25, 0.3) is 5.91 Å². The van der Waals surface area contributed by atoms with Crippen LogP contribution in [-0.4, -0.2) is 22.6 Å². The monoisotopic (exact) mass is 341 g/mol. The maximum atomic E-state index is 12.1. The number of carbonyl (C=O) groups is 1. The van der Waals surface area contributed by atoms with Crippen LogP contribution in [-0.2, 0) is 6.42 Å². The van der Waals surface area contributed by atoms with Gasteiger partial charge in [-0.25, -0.2) is 0 Å². The highest BCUT2D eigenvalue weighted by Gasteiger charge is 2.12. The van der Waals surface area contributed by atoms with Crippen LogP contribution in [0.5, 0.6) is 0 Å². The molecule has 0 aliphatic rings. The Kier molecular flexibility index (Phi) is 4.91. The second-order valence-corrected chi connectivity index (χ2v) is 5.76. The molecule has 0 atom stereocenters. The minimum absolute atomic E-state index is 0.121. The van der Waals surface area contributed by atoms with Crippen LogP contribution in [0, 0.1) is 6.92 Å². The molecular formula is C18H16ClN3O2. The molecule has 0 bridgehead atoms. The average Bonchev–Trinajstić information content (AvgIpc) is 3.04. The van der Waals surface area contributed by atoms with Crippen molar-refractivity contribution in [3.8, 4) is 11.5 Å². The summed E-state index contributed by atoms with van der Waals surface area (Å²) in [5.41, 5.74) is 2.38. The van der Waals surface area contributed by atoms with Crippen LogP contribution in [0.3, 0.4) is 0 Å². The third kappa shape index (κ3) is 3.81. The second kappa shape index (κ2) is 7.27. The van der Waals surface area contributed by atoms with E-state index in [0.29, 0.717) is 40.9 Å². The van der Waals surface area contributed by atoms with Crippen molar-refractivity contribution in [1.82, 2.24) is 15.5 Å². The van der Waals surface area contributed by atoms with Crippen molar-refractivity contribution in [1.29, 1.82) is 0 Å². The lowest BCUT2D eigenvalue weighted by Crippen LogP contribution is -2.25. The summed E-state index contributed by atoms with van der Waals surface area (Å²) in [4.78, 5) is 12.1. The second-order valence-electron chi connectivity index (χ2n) is 5.36. The molecule has 0 aliphatic heterocycles. The van der Waals surface area contributed by atoms with E-state index in [0.717, 1.165) is 5.56 Å². The topological polar surface area (TPSA) is 68.0 Å². The maximum Gasteiger partial charge on any atom is 0.251 e. The average molecular weight is 342 g/mol. The standard InChI is InChI=1S/C18H16ClN3O2/c1-12-5-4-6-13(11-12)17(23)20-10-9-16-21-22-18(24-16)14-7-2-3-8-15(14)19/h2-8,11H,9-10H2,1H3,(H,20,23). The van der Waals surface area contributed by atoms with E-state index in [4.69, 9.17) is 16.0 Å². The first-order valence-corrected chi connectivity index (χ1v) is 7.93. The summed E-state index contributed by atoms with van der Waals surface area (Å²) in [5.74, 6) is 0.708. The van der Waals surface area contributed by atoms with E-state index < -0.39 is 0 Å². The Morgan fingerprint density at radius 2 is 2.00 bits per heavy atom. The Bertz CT molecular complexity index is 861. The fourth-order valence-electron chi connectivity index (χ4n) is 2.27. The first-order chi connectivity index (χ1) is 11.6. The van der Waals surface area contributed by atoms with E-state index in [1.165, 1.54) is 0 Å². The molecule has 1 N–H and O–H groups in total. The summed E-state index contributed by atoms with van der Waals surface area (Å²) in [6, 6.07) is 14.7. The van der Waals surface area contributed by atoms with Crippen molar-refractivity contribution in [2.24, 2.45) is 0 Å². The molecule has 3 aromatic rings. The number of nitrogens with one attached hydrogen (secondary N) is 1. The van der Waals surface area contributed by atoms with Gasteiger partial charge >= 0.3 is 0 Å². The van der Waals surface area contributed by atoms with E-state index in [-0.39, 0.29) is 5.91 Å². The summed E-state index contributed by atoms with van der Waals surface area (Å²) >= 11 is 6.11. The van der Waals surface area contributed by atoms with Crippen molar-refractivity contribution in [2.45, 2.75) is 13.3 Å². The van der Waals surface area contributed by atoms with E-state index in [2.05, 4.69) is 15.5 Å². The van der Waals surface area contributed by atoms with E-state index in [9.17, 15) is 4.79 Å². The molecule has 6 heteroatoms. The van der Waals surface area contributed by atoms with Gasteiger partial charge in [0.1, 0.15) is 0 Å². The Hall–Kier alpha value is -2.66. The van der Waals surface area contributed by atoms with Gasteiger partial charge in [0.15, 0.2) is 0 Å². The first-order valence-electron chi connectivity index (χ1n) is 7.55. The minimum Gasteiger partial charge on any atom is -0.421 e. The molecule has 2 aromatic carbocycles. The van der Waals surface area contributed by atoms with Crippen LogP contribution < -0.4 is 5.32 Å². The van der Waals surface area contributed by atoms with Gasteiger partial charge in [-0.05, 0) is 31.2 Å². The largest absolute Gasteiger partial charge is 0.421 e. The molecular weight excluding hydrogens is 326 g/mol. The predicted molar refractivity (Wildman–Crippen MR) is 92.0 cm³/mol. The number of hydrogen-bond donors (Lipinski definition) is 1. The van der Waals surface area contributed by atoms with Crippen LogP contribution in [0.4, 0.5) is 0 Å². The molecule has 0 radical (unpaired) electrons. The molecule has 1 heterocycles. The number of rotatable bonds is 5. The summed E-state index contributed by atoms with van der Waals surface area (Å²) in [7, 11) is 0. The molecule has 1 amide bonds. The SMILES string of the molecule is Cc1cccc(C(=O)NCCc2nnc(-c3ccccc3Cl)o2)c1. The highest BCUT2D eigenvalue weighted by Crippen LogP contribution is 2.26. The third-order valence-electron chi connectivity index (χ3n) is 3.48. The zero-order valence-electron chi connectivity index (χ0n) is 13.1. The molecule has 1 aromatic heterocycles. The Balaban J connectivity index is 1.58. The molecule has 122 valence electrons. The van der Waals surface area contributed by atoms with Gasteiger partial charge in [0.05, 0.1) is 10.6 Å². The van der Waals surface area contributed by atoms with Crippen molar-refractivity contribution in [2.75, 3.05) is 6.54 Å². The minimum atomic E-state index is -0.121. The molecule has 0 unspecified atom stereocenters. The zero-order chi connectivity index (χ0) is 16.9. The number of aryl methyl sites for hydroxylation is 1. The smallest absolute Gasteiger partial charge is 0.251 e. The van der Waals surface area contributed by atoms with Crippen molar-refractivity contribution < 1.29 is 9.21 Å². The van der Waals surface area contributed by atoms with E-state index in [1.54, 1.807) is 12.1 Å². The molecule has 5 nitrogen and oxygen atoms in total. The first kappa shape index (κ1) is 16.2. The fourth-order valence-corrected chi connectivity index (χ4v) is 2.49. The van der Waals surface area contributed by atoms with E-state index >= 15 is 0 Å². The van der Waals surface area contributed by atoms with Gasteiger partial charge in [0, 0.05) is 18.5 Å². The molecule has 24 heavy (non-hydrogen) atoms. The van der Waals surface area contributed by atoms with Crippen LogP contribution >= 0.6 is 11.6 Å². The summed E-state index contributed by atoms with van der Waals surface area (Å²) in [5, 5.41) is 11.4. The van der Waals surface area contributed by atoms with Gasteiger partial charge in [-0.15, -0.1) is 10.2 Å². The lowest BCUT2D eigenvalue weighted by atomic mass is 10.1. The number of hydrogen-bond acceptors (Lipinski definition) is 4. The highest BCUT2D eigenvalue weighted by atomic mass is 35.5. The number of carbonyl (C=O) groups excluding carboxylic acids is 1. The van der Waals surface area contributed by atoms with Crippen molar-refractivity contribution in [3.63, 3.8) is 0 Å². The van der Waals surface area contributed by atoms with Gasteiger partial charge in [-0.2, -0.15) is 0 Å². The normalized spacial score (nSPS) is 10.6. The van der Waals surface area contributed by atoms with Crippen LogP contribution in [0.15, 0.2) is 52.9 Å². The molecule has 0 spiro atoms. The quantitative estimate of drug-likeness (QED) is 0.768. The number of aromatic nitrogens is 2. The molecule has 0 saturated carbocycles. The van der Waals surface area contributed by atoms with Crippen molar-refractivity contribution in [3.05, 3.63) is 70.6 Å². The highest BCUT2D eigenvalue weighted by molar-refractivity contribution is 6.33. The number of halogens is 1. The fraction of sp³-hybridized carbons (Fsp3) is 0.167. The molecule has 0 saturated heterocycles. The zero-order valence-corrected chi connectivity index (χ0v) is 13.9. The van der Waals surface area contributed by atoms with Gasteiger partial charge in [-0.1, -0.05) is 41.4 Å². The van der Waals surface area contributed by atoms with Crippen LogP contribution in [0.1, 0.15) is 21.8 Å².